The van der Waals surface area contributed by atoms with E-state index in [1.807, 2.05) is 36.8 Å². The second kappa shape index (κ2) is 14.3. The third-order valence-corrected chi connectivity index (χ3v) is 21.4. The van der Waals surface area contributed by atoms with Crippen LogP contribution in [-0.2, 0) is 23.6 Å². The van der Waals surface area contributed by atoms with Crippen molar-refractivity contribution in [3.05, 3.63) is 207 Å². The summed E-state index contributed by atoms with van der Waals surface area (Å²) in [7, 11) is 0. The van der Waals surface area contributed by atoms with Gasteiger partial charge in [0.25, 0.3) is 0 Å². The molecule has 280 valence electrons. The Balaban J connectivity index is 1.10. The number of benzene rings is 7. The minimum atomic E-state index is -2.44. The van der Waals surface area contributed by atoms with Crippen LogP contribution in [0.4, 0.5) is 0 Å². The van der Waals surface area contributed by atoms with Crippen molar-refractivity contribution in [1.29, 1.82) is 0 Å². The van der Waals surface area contributed by atoms with Crippen LogP contribution in [0.15, 0.2) is 207 Å². The molecule has 0 spiro atoms. The van der Waals surface area contributed by atoms with Crippen LogP contribution in [0, 0.1) is 0 Å². The van der Waals surface area contributed by atoms with Gasteiger partial charge < -0.3 is 0 Å². The number of fused-ring (bicyclic) bond motifs is 10. The standard InChI is InChI=1S/C51H34N4P2S2/c58-56(37-12-4-1-5-13-37,40-28-30-52-31-29-40)41-22-27-48-49(33-41)55-50-43-24-21-36(32-35(43)20-25-45(50)44-18-10-11-19-46(44)51(55)54-48)47-26-23-42(34-53-47)57(59,38-14-6-2-7-15-38)39-16-8-3-9-17-39/h1-34H. The Kier molecular flexibility index (Phi) is 8.72. The predicted molar refractivity (Wildman–Crippen MR) is 258 cm³/mol. The van der Waals surface area contributed by atoms with Crippen molar-refractivity contribution in [2.24, 2.45) is 0 Å². The largest absolute Gasteiger partial charge is 0.291 e. The van der Waals surface area contributed by atoms with Crippen LogP contribution >= 0.6 is 12.1 Å². The van der Waals surface area contributed by atoms with E-state index in [-0.39, 0.29) is 0 Å². The van der Waals surface area contributed by atoms with Gasteiger partial charge in [-0.3, -0.25) is 14.4 Å². The summed E-state index contributed by atoms with van der Waals surface area (Å²) in [4.78, 5) is 14.7. The fourth-order valence-electron chi connectivity index (χ4n) is 8.62. The molecule has 0 saturated carbocycles. The van der Waals surface area contributed by atoms with E-state index in [4.69, 9.17) is 33.6 Å². The van der Waals surface area contributed by atoms with Crippen LogP contribution in [0.25, 0.3) is 60.4 Å². The highest BCUT2D eigenvalue weighted by Gasteiger charge is 2.27. The van der Waals surface area contributed by atoms with Gasteiger partial charge in [0.2, 0.25) is 0 Å². The third kappa shape index (κ3) is 5.74. The van der Waals surface area contributed by atoms with Crippen molar-refractivity contribution >= 4 is 117 Å². The number of aromatic nitrogens is 4. The van der Waals surface area contributed by atoms with Gasteiger partial charge >= 0.3 is 0 Å². The zero-order valence-electron chi connectivity index (χ0n) is 31.6. The van der Waals surface area contributed by atoms with Crippen molar-refractivity contribution in [2.45, 2.75) is 0 Å². The van der Waals surface area contributed by atoms with Gasteiger partial charge in [-0.05, 0) is 79.8 Å². The average molecular weight is 829 g/mol. The number of hydrogen-bond donors (Lipinski definition) is 0. The van der Waals surface area contributed by atoms with Crippen molar-refractivity contribution in [3.63, 3.8) is 0 Å². The summed E-state index contributed by atoms with van der Waals surface area (Å²) in [5, 5.41) is 12.5. The molecule has 4 nitrogen and oxygen atoms in total. The number of nitrogens with zero attached hydrogens (tertiary/aromatic N) is 4. The smallest absolute Gasteiger partial charge is 0.146 e. The molecule has 8 heteroatoms. The first-order chi connectivity index (χ1) is 29.0. The van der Waals surface area contributed by atoms with Gasteiger partial charge in [-0.1, -0.05) is 169 Å². The van der Waals surface area contributed by atoms with Crippen molar-refractivity contribution in [2.75, 3.05) is 0 Å². The first kappa shape index (κ1) is 36.0. The van der Waals surface area contributed by atoms with E-state index in [0.29, 0.717) is 0 Å². The molecule has 1 unspecified atom stereocenters. The highest BCUT2D eigenvalue weighted by Crippen LogP contribution is 2.45. The van der Waals surface area contributed by atoms with E-state index in [2.05, 4.69) is 179 Å². The van der Waals surface area contributed by atoms with Gasteiger partial charge in [0, 0.05) is 57.7 Å². The Morgan fingerprint density at radius 2 is 1.02 bits per heavy atom. The lowest BCUT2D eigenvalue weighted by Gasteiger charge is -2.24. The number of rotatable bonds is 7. The summed E-state index contributed by atoms with van der Waals surface area (Å²) in [6.45, 7) is 0. The number of pyridine rings is 3. The van der Waals surface area contributed by atoms with Gasteiger partial charge in [0.1, 0.15) is 5.65 Å². The van der Waals surface area contributed by atoms with Gasteiger partial charge in [-0.15, -0.1) is 0 Å². The molecule has 0 fully saturated rings. The normalized spacial score (nSPS) is 13.0. The van der Waals surface area contributed by atoms with Crippen LogP contribution < -0.4 is 31.8 Å². The van der Waals surface area contributed by atoms with E-state index < -0.39 is 12.1 Å². The maximum Gasteiger partial charge on any atom is 0.146 e. The van der Waals surface area contributed by atoms with Crippen LogP contribution in [0.3, 0.4) is 0 Å². The van der Waals surface area contributed by atoms with Gasteiger partial charge in [0.15, 0.2) is 0 Å². The van der Waals surface area contributed by atoms with E-state index in [1.165, 1.54) is 10.8 Å². The molecular weight excluding hydrogens is 795 g/mol. The molecule has 4 aromatic heterocycles. The molecule has 0 aliphatic rings. The fraction of sp³-hybridized carbons (Fsp3) is 0. The molecule has 0 amide bonds. The van der Waals surface area contributed by atoms with Crippen molar-refractivity contribution in [1.82, 2.24) is 19.4 Å². The van der Waals surface area contributed by atoms with Gasteiger partial charge in [-0.25, -0.2) is 4.98 Å². The summed E-state index contributed by atoms with van der Waals surface area (Å²) in [5.74, 6) is 0. The molecule has 11 aromatic rings. The lowest BCUT2D eigenvalue weighted by molar-refractivity contribution is 1.32. The predicted octanol–water partition coefficient (Wildman–Crippen LogP) is 9.92. The maximum atomic E-state index is 6.79. The summed E-state index contributed by atoms with van der Waals surface area (Å²) >= 11 is 13.4. The minimum absolute atomic E-state index is 0.905. The molecule has 59 heavy (non-hydrogen) atoms. The number of imidazole rings is 1. The molecule has 1 atom stereocenters. The SMILES string of the molecule is S=P(c1ccccc1)(c1ccccc1)c1ccc(-c2ccc3c(ccc4c5ccccc5c5nc6ccc(P(=S)(c7ccccc7)c7ccncc7)cc6n5c34)c2)nc1. The summed E-state index contributed by atoms with van der Waals surface area (Å²) in [5.41, 5.74) is 5.97. The monoisotopic (exact) mass is 828 g/mol. The highest BCUT2D eigenvalue weighted by atomic mass is 32.4. The van der Waals surface area contributed by atoms with E-state index in [0.717, 1.165) is 81.4 Å². The molecule has 0 aliphatic carbocycles. The first-order valence-electron chi connectivity index (χ1n) is 19.5. The third-order valence-electron chi connectivity index (χ3n) is 11.5. The Bertz CT molecular complexity index is 3400. The van der Waals surface area contributed by atoms with E-state index in [9.17, 15) is 0 Å². The zero-order valence-corrected chi connectivity index (χ0v) is 35.1. The van der Waals surface area contributed by atoms with Gasteiger partial charge in [-0.2, -0.15) is 0 Å². The van der Waals surface area contributed by atoms with Crippen LogP contribution in [-0.4, -0.2) is 19.4 Å². The lowest BCUT2D eigenvalue weighted by Crippen LogP contribution is -2.25. The second-order valence-electron chi connectivity index (χ2n) is 14.7. The molecule has 0 saturated heterocycles. The molecule has 11 rings (SSSR count). The van der Waals surface area contributed by atoms with Crippen LogP contribution in [0.2, 0.25) is 0 Å². The lowest BCUT2D eigenvalue weighted by atomic mass is 9.98. The van der Waals surface area contributed by atoms with Crippen LogP contribution in [0.5, 0.6) is 0 Å². The molecule has 0 bridgehead atoms. The van der Waals surface area contributed by atoms with Gasteiger partial charge in [0.05, 0.1) is 22.2 Å². The highest BCUT2D eigenvalue weighted by molar-refractivity contribution is 8.26. The second-order valence-corrected chi connectivity index (χ2v) is 23.5. The molecule has 0 aliphatic heterocycles. The molecule has 7 aromatic carbocycles. The van der Waals surface area contributed by atoms with Crippen LogP contribution in [0.1, 0.15) is 0 Å². The molecule has 4 heterocycles. The summed E-state index contributed by atoms with van der Waals surface area (Å²) in [6.07, 6.45) is 5.69. The quantitative estimate of drug-likeness (QED) is 0.118. The number of hydrogen-bond acceptors (Lipinski definition) is 5. The maximum absolute atomic E-state index is 6.79. The topological polar surface area (TPSA) is 43.1 Å². The fourth-order valence-corrected chi connectivity index (χ4v) is 16.0. The zero-order chi connectivity index (χ0) is 39.6. The van der Waals surface area contributed by atoms with E-state index in [1.54, 1.807) is 0 Å². The first-order valence-corrected chi connectivity index (χ1v) is 25.1. The summed E-state index contributed by atoms with van der Waals surface area (Å²) in [6, 6.07) is 61.7. The Morgan fingerprint density at radius 1 is 0.441 bits per heavy atom. The van der Waals surface area contributed by atoms with E-state index >= 15 is 0 Å². The average Bonchev–Trinajstić information content (AvgIpc) is 3.71. The van der Waals surface area contributed by atoms with Crippen molar-refractivity contribution < 1.29 is 0 Å². The molecule has 0 radical (unpaired) electrons. The Hall–Kier alpha value is -6.13. The minimum Gasteiger partial charge on any atom is -0.291 e. The molecular formula is C51H34N4P2S2. The molecule has 0 N–H and O–H groups in total. The Labute approximate surface area is 351 Å². The Morgan fingerprint density at radius 3 is 1.66 bits per heavy atom. The van der Waals surface area contributed by atoms with Crippen molar-refractivity contribution in [3.8, 4) is 11.3 Å². The summed E-state index contributed by atoms with van der Waals surface area (Å²) < 4.78 is 2.36.